The number of hydrogen-bond donors (Lipinski definition) is 1. The van der Waals surface area contributed by atoms with Crippen LogP contribution in [0.25, 0.3) is 22.2 Å². The molecule has 0 aliphatic heterocycles. The highest BCUT2D eigenvalue weighted by atomic mass is 35.5. The van der Waals surface area contributed by atoms with Gasteiger partial charge < -0.3 is 10.3 Å². The van der Waals surface area contributed by atoms with E-state index in [0.29, 0.717) is 5.82 Å². The van der Waals surface area contributed by atoms with Crippen molar-refractivity contribution >= 4 is 28.3 Å². The zero-order chi connectivity index (χ0) is 12.9. The first-order valence-corrected chi connectivity index (χ1v) is 5.98. The lowest BCUT2D eigenvalue weighted by molar-refractivity contribution is 0.782. The van der Waals surface area contributed by atoms with Crippen molar-refractivity contribution in [1.29, 1.82) is 0 Å². The fourth-order valence-corrected chi connectivity index (χ4v) is 2.42. The second-order valence-corrected chi connectivity index (χ2v) is 4.81. The lowest BCUT2D eigenvalue weighted by atomic mass is 10.1. The van der Waals surface area contributed by atoms with Crippen LogP contribution in [0.15, 0.2) is 30.5 Å². The Morgan fingerprint density at radius 2 is 2.00 bits per heavy atom. The number of hydrogen-bond acceptors (Lipinski definition) is 2. The van der Waals surface area contributed by atoms with E-state index in [1.807, 2.05) is 43.1 Å². The van der Waals surface area contributed by atoms with Crippen LogP contribution >= 0.6 is 11.6 Å². The van der Waals surface area contributed by atoms with Crippen molar-refractivity contribution in [3.8, 4) is 11.3 Å². The topological polar surface area (TPSA) is 48.8 Å². The van der Waals surface area contributed by atoms with E-state index < -0.39 is 0 Å². The third-order valence-electron chi connectivity index (χ3n) is 3.15. The number of nitrogen functional groups attached to an aromatic ring is 1. The number of halogens is 1. The molecule has 2 N–H and O–H groups in total. The Bertz CT molecular complexity index is 719. The van der Waals surface area contributed by atoms with Crippen LogP contribution in [0.2, 0.25) is 5.02 Å². The minimum atomic E-state index is 0.648. The quantitative estimate of drug-likeness (QED) is 0.731. The second-order valence-electron chi connectivity index (χ2n) is 4.40. The van der Waals surface area contributed by atoms with E-state index in [0.717, 1.165) is 27.2 Å². The molecule has 0 amide bonds. The molecule has 0 saturated heterocycles. The fraction of sp³-hybridized carbons (Fsp3) is 0.154. The van der Waals surface area contributed by atoms with E-state index in [9.17, 15) is 0 Å². The third-order valence-corrected chi connectivity index (χ3v) is 3.45. The second kappa shape index (κ2) is 3.78. The lowest BCUT2D eigenvalue weighted by Gasteiger charge is -2.00. The van der Waals surface area contributed by atoms with Crippen LogP contribution < -0.4 is 5.73 Å². The normalized spacial score (nSPS) is 11.3. The Hall–Kier alpha value is -1.94. The molecule has 0 saturated carbocycles. The zero-order valence-electron chi connectivity index (χ0n) is 10.2. The van der Waals surface area contributed by atoms with E-state index in [2.05, 4.69) is 11.2 Å². The van der Waals surface area contributed by atoms with Crippen LogP contribution in [0.3, 0.4) is 0 Å². The molecule has 0 aliphatic carbocycles. The molecule has 4 nitrogen and oxygen atoms in total. The molecule has 0 aliphatic rings. The summed E-state index contributed by atoms with van der Waals surface area (Å²) in [5.41, 5.74) is 8.79. The highest BCUT2D eigenvalue weighted by molar-refractivity contribution is 6.35. The van der Waals surface area contributed by atoms with Crippen LogP contribution in [0.5, 0.6) is 0 Å². The maximum atomic E-state index is 6.14. The van der Waals surface area contributed by atoms with E-state index in [4.69, 9.17) is 17.3 Å². The smallest absolute Gasteiger partial charge is 0.121 e. The van der Waals surface area contributed by atoms with Gasteiger partial charge in [0.15, 0.2) is 0 Å². The van der Waals surface area contributed by atoms with E-state index in [1.165, 1.54) is 0 Å². The molecule has 1 aromatic carbocycles. The number of nitrogens with two attached hydrogens (primary N) is 1. The highest BCUT2D eigenvalue weighted by Crippen LogP contribution is 2.29. The summed E-state index contributed by atoms with van der Waals surface area (Å²) in [6.07, 6.45) is 1.91. The van der Waals surface area contributed by atoms with Gasteiger partial charge in [-0.25, -0.2) is 0 Å². The summed E-state index contributed by atoms with van der Waals surface area (Å²) in [4.78, 5) is 0. The molecule has 0 spiro atoms. The molecular formula is C13H13ClN4. The summed E-state index contributed by atoms with van der Waals surface area (Å²) >= 11 is 6.14. The molecule has 0 radical (unpaired) electrons. The Morgan fingerprint density at radius 1 is 1.22 bits per heavy atom. The van der Waals surface area contributed by atoms with Crippen molar-refractivity contribution in [3.05, 3.63) is 35.5 Å². The van der Waals surface area contributed by atoms with Gasteiger partial charge in [-0.05, 0) is 6.07 Å². The van der Waals surface area contributed by atoms with Crippen molar-refractivity contribution in [2.24, 2.45) is 14.1 Å². The molecule has 3 aromatic rings. The van der Waals surface area contributed by atoms with E-state index >= 15 is 0 Å². The summed E-state index contributed by atoms with van der Waals surface area (Å²) < 4.78 is 3.67. The molecule has 2 heterocycles. The molecule has 5 heteroatoms. The summed E-state index contributed by atoms with van der Waals surface area (Å²) in [6.45, 7) is 0. The maximum Gasteiger partial charge on any atom is 0.121 e. The van der Waals surface area contributed by atoms with Crippen LogP contribution in [0, 0.1) is 0 Å². The maximum absolute atomic E-state index is 6.14. The minimum Gasteiger partial charge on any atom is -0.384 e. The fourth-order valence-electron chi connectivity index (χ4n) is 2.12. The average Bonchev–Trinajstić information content (AvgIpc) is 2.81. The monoisotopic (exact) mass is 260 g/mol. The zero-order valence-corrected chi connectivity index (χ0v) is 10.9. The number of benzene rings is 1. The number of rotatable bonds is 1. The van der Waals surface area contributed by atoms with Crippen LogP contribution in [-0.4, -0.2) is 14.3 Å². The molecular weight excluding hydrogens is 248 g/mol. The largest absolute Gasteiger partial charge is 0.384 e. The highest BCUT2D eigenvalue weighted by Gasteiger charge is 2.09. The first-order valence-electron chi connectivity index (χ1n) is 5.61. The third kappa shape index (κ3) is 1.57. The van der Waals surface area contributed by atoms with Crippen molar-refractivity contribution in [1.82, 2.24) is 14.3 Å². The summed E-state index contributed by atoms with van der Waals surface area (Å²) in [6, 6.07) is 7.96. The molecule has 0 bridgehead atoms. The Kier molecular flexibility index (Phi) is 2.35. The summed E-state index contributed by atoms with van der Waals surface area (Å²) in [5.74, 6) is 0.648. The first kappa shape index (κ1) is 11.2. The van der Waals surface area contributed by atoms with Gasteiger partial charge in [0.2, 0.25) is 0 Å². The molecule has 3 rings (SSSR count). The van der Waals surface area contributed by atoms with Crippen molar-refractivity contribution < 1.29 is 0 Å². The number of nitrogens with zero attached hydrogens (tertiary/aromatic N) is 3. The van der Waals surface area contributed by atoms with Gasteiger partial charge in [-0.15, -0.1) is 0 Å². The average molecular weight is 261 g/mol. The number of aryl methyl sites for hydroxylation is 2. The van der Waals surface area contributed by atoms with Crippen molar-refractivity contribution in [2.45, 2.75) is 0 Å². The Balaban J connectivity index is 2.21. The van der Waals surface area contributed by atoms with Gasteiger partial charge in [0, 0.05) is 42.8 Å². The van der Waals surface area contributed by atoms with Crippen LogP contribution in [0.4, 0.5) is 5.82 Å². The van der Waals surface area contributed by atoms with Gasteiger partial charge >= 0.3 is 0 Å². The predicted octanol–water partition coefficient (Wildman–Crippen LogP) is 2.81. The summed E-state index contributed by atoms with van der Waals surface area (Å²) in [5, 5.41) is 6.18. The van der Waals surface area contributed by atoms with Gasteiger partial charge in [-0.2, -0.15) is 5.10 Å². The molecule has 0 atom stereocenters. The van der Waals surface area contributed by atoms with Gasteiger partial charge in [0.1, 0.15) is 5.82 Å². The molecule has 92 valence electrons. The molecule has 18 heavy (non-hydrogen) atoms. The van der Waals surface area contributed by atoms with Crippen LogP contribution in [0.1, 0.15) is 0 Å². The minimum absolute atomic E-state index is 0.648. The number of aromatic nitrogens is 3. The molecule has 2 aromatic heterocycles. The van der Waals surface area contributed by atoms with Crippen LogP contribution in [-0.2, 0) is 14.1 Å². The van der Waals surface area contributed by atoms with Gasteiger partial charge in [-0.3, -0.25) is 4.68 Å². The Morgan fingerprint density at radius 3 is 2.67 bits per heavy atom. The van der Waals surface area contributed by atoms with E-state index in [1.54, 1.807) is 4.68 Å². The van der Waals surface area contributed by atoms with Crippen molar-refractivity contribution in [2.75, 3.05) is 5.73 Å². The first-order chi connectivity index (χ1) is 8.56. The Labute approximate surface area is 110 Å². The number of anilines is 1. The van der Waals surface area contributed by atoms with Gasteiger partial charge in [0.05, 0.1) is 10.7 Å². The van der Waals surface area contributed by atoms with Gasteiger partial charge in [0.25, 0.3) is 0 Å². The standard InChI is InChI=1S/C13H13ClN4/c1-17-7-10(14)9-4-3-8(5-12(9)17)11-6-13(15)18(2)16-11/h3-7H,15H2,1-2H3. The van der Waals surface area contributed by atoms with Gasteiger partial charge in [-0.1, -0.05) is 23.7 Å². The molecule has 0 unspecified atom stereocenters. The van der Waals surface area contributed by atoms with E-state index in [-0.39, 0.29) is 0 Å². The van der Waals surface area contributed by atoms with Crippen molar-refractivity contribution in [3.63, 3.8) is 0 Å². The predicted molar refractivity (Wildman–Crippen MR) is 74.5 cm³/mol. The number of fused-ring (bicyclic) bond motifs is 1. The SMILES string of the molecule is Cn1nc(-c2ccc3c(Cl)cn(C)c3c2)cc1N. The lowest BCUT2D eigenvalue weighted by Crippen LogP contribution is -1.96. The summed E-state index contributed by atoms with van der Waals surface area (Å²) in [7, 11) is 3.81. The molecule has 0 fully saturated rings.